The Morgan fingerprint density at radius 1 is 1.20 bits per heavy atom. The summed E-state index contributed by atoms with van der Waals surface area (Å²) in [5.41, 5.74) is 0. The standard InChI is InChI=1S/C10H17F3O2/c1-7(9(11)10(12)13)5-3-2-4-6-8(14)15/h7,9-10H,2-6H2,1H3,(H,14,15). The first-order chi connectivity index (χ1) is 6.95. The molecule has 2 atom stereocenters. The minimum Gasteiger partial charge on any atom is -0.481 e. The van der Waals surface area contributed by atoms with Crippen LogP contribution in [0.25, 0.3) is 0 Å². The maximum absolute atomic E-state index is 12.7. The van der Waals surface area contributed by atoms with Crippen molar-refractivity contribution in [2.45, 2.75) is 51.6 Å². The summed E-state index contributed by atoms with van der Waals surface area (Å²) in [6, 6.07) is 0. The van der Waals surface area contributed by atoms with E-state index in [4.69, 9.17) is 5.11 Å². The average Bonchev–Trinajstić information content (AvgIpc) is 2.15. The van der Waals surface area contributed by atoms with Gasteiger partial charge in [0.1, 0.15) is 0 Å². The van der Waals surface area contributed by atoms with Crippen LogP contribution < -0.4 is 0 Å². The summed E-state index contributed by atoms with van der Waals surface area (Å²) in [6.45, 7) is 1.45. The maximum atomic E-state index is 12.7. The summed E-state index contributed by atoms with van der Waals surface area (Å²) in [5.74, 6) is -1.52. The normalized spacial score (nSPS) is 15.3. The van der Waals surface area contributed by atoms with E-state index < -0.39 is 24.5 Å². The van der Waals surface area contributed by atoms with Crippen molar-refractivity contribution in [2.75, 3.05) is 0 Å². The number of carboxylic acids is 1. The molecule has 0 aliphatic carbocycles. The van der Waals surface area contributed by atoms with Crippen LogP contribution >= 0.6 is 0 Å². The average molecular weight is 226 g/mol. The van der Waals surface area contributed by atoms with E-state index >= 15 is 0 Å². The van der Waals surface area contributed by atoms with E-state index in [1.54, 1.807) is 0 Å². The first kappa shape index (κ1) is 14.3. The molecule has 0 heterocycles. The number of carbonyl (C=O) groups is 1. The summed E-state index contributed by atoms with van der Waals surface area (Å²) in [6.07, 6.45) is -2.75. The number of hydrogen-bond acceptors (Lipinski definition) is 1. The highest BCUT2D eigenvalue weighted by molar-refractivity contribution is 5.66. The highest BCUT2D eigenvalue weighted by Crippen LogP contribution is 2.21. The second-order valence-corrected chi connectivity index (χ2v) is 3.75. The van der Waals surface area contributed by atoms with E-state index in [1.807, 2.05) is 0 Å². The van der Waals surface area contributed by atoms with Gasteiger partial charge in [0.05, 0.1) is 0 Å². The van der Waals surface area contributed by atoms with E-state index in [9.17, 15) is 18.0 Å². The third-order valence-electron chi connectivity index (χ3n) is 2.33. The van der Waals surface area contributed by atoms with Crippen molar-refractivity contribution in [3.05, 3.63) is 0 Å². The molecule has 0 bridgehead atoms. The zero-order valence-corrected chi connectivity index (χ0v) is 8.76. The van der Waals surface area contributed by atoms with Crippen molar-refractivity contribution in [3.8, 4) is 0 Å². The van der Waals surface area contributed by atoms with Crippen LogP contribution in [0.3, 0.4) is 0 Å². The number of alkyl halides is 3. The van der Waals surface area contributed by atoms with Gasteiger partial charge in [0.2, 0.25) is 0 Å². The van der Waals surface area contributed by atoms with Gasteiger partial charge in [0.25, 0.3) is 6.43 Å². The monoisotopic (exact) mass is 226 g/mol. The molecule has 2 unspecified atom stereocenters. The lowest BCUT2D eigenvalue weighted by Gasteiger charge is -2.15. The quantitative estimate of drug-likeness (QED) is 0.645. The third-order valence-corrected chi connectivity index (χ3v) is 2.33. The number of rotatable bonds is 8. The first-order valence-electron chi connectivity index (χ1n) is 5.09. The highest BCUT2D eigenvalue weighted by Gasteiger charge is 2.25. The number of aliphatic carboxylic acids is 1. The molecular formula is C10H17F3O2. The van der Waals surface area contributed by atoms with Gasteiger partial charge in [-0.25, -0.2) is 13.2 Å². The van der Waals surface area contributed by atoms with Crippen molar-refractivity contribution in [1.29, 1.82) is 0 Å². The van der Waals surface area contributed by atoms with Crippen molar-refractivity contribution < 1.29 is 23.1 Å². The Kier molecular flexibility index (Phi) is 7.17. The molecule has 0 amide bonds. The molecule has 90 valence electrons. The van der Waals surface area contributed by atoms with Crippen LogP contribution in [0.15, 0.2) is 0 Å². The molecule has 0 aliphatic rings. The highest BCUT2D eigenvalue weighted by atomic mass is 19.3. The van der Waals surface area contributed by atoms with Crippen LogP contribution in [0.2, 0.25) is 0 Å². The van der Waals surface area contributed by atoms with Crippen LogP contribution in [0, 0.1) is 5.92 Å². The number of hydrogen-bond donors (Lipinski definition) is 1. The predicted octanol–water partition coefficient (Wildman–Crippen LogP) is 3.26. The minimum absolute atomic E-state index is 0.0856. The SMILES string of the molecule is CC(CCCCCC(=O)O)C(F)C(F)F. The second kappa shape index (κ2) is 7.54. The molecule has 0 aromatic carbocycles. The van der Waals surface area contributed by atoms with Crippen LogP contribution in [0.4, 0.5) is 13.2 Å². The predicted molar refractivity (Wildman–Crippen MR) is 50.8 cm³/mol. The van der Waals surface area contributed by atoms with Crippen molar-refractivity contribution in [2.24, 2.45) is 5.92 Å². The lowest BCUT2D eigenvalue weighted by Crippen LogP contribution is -2.21. The fourth-order valence-electron chi connectivity index (χ4n) is 1.33. The summed E-state index contributed by atoms with van der Waals surface area (Å²) in [7, 11) is 0. The van der Waals surface area contributed by atoms with Gasteiger partial charge in [-0.3, -0.25) is 4.79 Å². The molecule has 5 heteroatoms. The van der Waals surface area contributed by atoms with E-state index in [-0.39, 0.29) is 6.42 Å². The Balaban J connectivity index is 3.46. The molecule has 15 heavy (non-hydrogen) atoms. The van der Waals surface area contributed by atoms with Gasteiger partial charge < -0.3 is 5.11 Å². The summed E-state index contributed by atoms with van der Waals surface area (Å²) in [5, 5.41) is 8.32. The molecule has 0 saturated heterocycles. The smallest absolute Gasteiger partial charge is 0.303 e. The molecule has 1 N–H and O–H groups in total. The van der Waals surface area contributed by atoms with Crippen LogP contribution in [-0.2, 0) is 4.79 Å². The summed E-state index contributed by atoms with van der Waals surface area (Å²) < 4.78 is 36.5. The van der Waals surface area contributed by atoms with Gasteiger partial charge in [-0.05, 0) is 18.8 Å². The van der Waals surface area contributed by atoms with E-state index in [0.717, 1.165) is 0 Å². The lowest BCUT2D eigenvalue weighted by atomic mass is 9.98. The Hall–Kier alpha value is -0.740. The molecule has 2 nitrogen and oxygen atoms in total. The fraction of sp³-hybridized carbons (Fsp3) is 0.900. The molecule has 0 rings (SSSR count). The zero-order valence-electron chi connectivity index (χ0n) is 8.76. The van der Waals surface area contributed by atoms with Gasteiger partial charge in [0.15, 0.2) is 6.17 Å². The Morgan fingerprint density at radius 2 is 1.80 bits per heavy atom. The van der Waals surface area contributed by atoms with Gasteiger partial charge >= 0.3 is 5.97 Å². The van der Waals surface area contributed by atoms with E-state index in [0.29, 0.717) is 25.7 Å². The zero-order chi connectivity index (χ0) is 11.8. The summed E-state index contributed by atoms with van der Waals surface area (Å²) >= 11 is 0. The second-order valence-electron chi connectivity index (χ2n) is 3.75. The topological polar surface area (TPSA) is 37.3 Å². The Labute approximate surface area is 87.5 Å². The van der Waals surface area contributed by atoms with Gasteiger partial charge in [0, 0.05) is 6.42 Å². The summed E-state index contributed by atoms with van der Waals surface area (Å²) in [4.78, 5) is 10.1. The van der Waals surface area contributed by atoms with Crippen LogP contribution in [0.5, 0.6) is 0 Å². The molecule has 0 aromatic rings. The number of carboxylic acid groups (broad SMARTS) is 1. The van der Waals surface area contributed by atoms with Crippen LogP contribution in [0.1, 0.15) is 39.0 Å². The molecular weight excluding hydrogens is 209 g/mol. The van der Waals surface area contributed by atoms with Crippen LogP contribution in [-0.4, -0.2) is 23.7 Å². The fourth-order valence-corrected chi connectivity index (χ4v) is 1.33. The van der Waals surface area contributed by atoms with Gasteiger partial charge in [-0.2, -0.15) is 0 Å². The number of unbranched alkanes of at least 4 members (excludes halogenated alkanes) is 2. The van der Waals surface area contributed by atoms with E-state index in [1.165, 1.54) is 6.92 Å². The number of halogens is 3. The lowest BCUT2D eigenvalue weighted by molar-refractivity contribution is -0.137. The minimum atomic E-state index is -2.92. The van der Waals surface area contributed by atoms with Gasteiger partial charge in [-0.15, -0.1) is 0 Å². The van der Waals surface area contributed by atoms with E-state index in [2.05, 4.69) is 0 Å². The third kappa shape index (κ3) is 7.22. The van der Waals surface area contributed by atoms with Gasteiger partial charge in [-0.1, -0.05) is 19.8 Å². The van der Waals surface area contributed by atoms with Crippen molar-refractivity contribution in [1.82, 2.24) is 0 Å². The first-order valence-corrected chi connectivity index (χ1v) is 5.09. The molecule has 0 saturated carbocycles. The van der Waals surface area contributed by atoms with Crippen molar-refractivity contribution in [3.63, 3.8) is 0 Å². The molecule has 0 radical (unpaired) electrons. The Morgan fingerprint density at radius 3 is 2.27 bits per heavy atom. The molecule has 0 spiro atoms. The largest absolute Gasteiger partial charge is 0.481 e. The maximum Gasteiger partial charge on any atom is 0.303 e. The molecule has 0 fully saturated rings. The van der Waals surface area contributed by atoms with Crippen molar-refractivity contribution >= 4 is 5.97 Å². The molecule has 0 aromatic heterocycles. The Bertz CT molecular complexity index is 186. The molecule has 0 aliphatic heterocycles.